The van der Waals surface area contributed by atoms with E-state index in [0.717, 1.165) is 21.8 Å². The Morgan fingerprint density at radius 3 is 2.52 bits per heavy atom. The van der Waals surface area contributed by atoms with E-state index >= 15 is 0 Å². The topological polar surface area (TPSA) is 78.1 Å². The van der Waals surface area contributed by atoms with E-state index in [4.69, 9.17) is 0 Å². The summed E-state index contributed by atoms with van der Waals surface area (Å²) in [7, 11) is 3.37. The van der Waals surface area contributed by atoms with Crippen LogP contribution in [0.2, 0.25) is 0 Å². The number of H-pyrrole nitrogens is 1. The van der Waals surface area contributed by atoms with Gasteiger partial charge in [-0.15, -0.1) is 0 Å². The Morgan fingerprint density at radius 1 is 1.11 bits per heavy atom. The summed E-state index contributed by atoms with van der Waals surface area (Å²) in [6.07, 6.45) is 0. The number of aromatic nitrogens is 2. The molecule has 8 heteroatoms. The predicted molar refractivity (Wildman–Crippen MR) is 111 cm³/mol. The second kappa shape index (κ2) is 8.41. The number of anilines is 1. The molecule has 3 rings (SSSR count). The van der Waals surface area contributed by atoms with Crippen LogP contribution in [0.1, 0.15) is 10.5 Å². The fourth-order valence-electron chi connectivity index (χ4n) is 2.24. The zero-order valence-corrected chi connectivity index (χ0v) is 17.1. The van der Waals surface area contributed by atoms with Crippen molar-refractivity contribution in [3.63, 3.8) is 0 Å². The van der Waals surface area contributed by atoms with Gasteiger partial charge in [-0.25, -0.2) is 0 Å². The SMILES string of the molecule is CN(C)C(=O)Sc1ccccc1NC(=O)c1cc(-c2ccc(Br)cc2)n[nH]1. The first-order valence-electron chi connectivity index (χ1n) is 8.05. The minimum Gasteiger partial charge on any atom is -0.339 e. The van der Waals surface area contributed by atoms with Crippen LogP contribution in [0.5, 0.6) is 0 Å². The molecule has 0 atom stereocenters. The second-order valence-electron chi connectivity index (χ2n) is 5.89. The molecule has 0 spiro atoms. The Balaban J connectivity index is 1.77. The fraction of sp³-hybridized carbons (Fsp3) is 0.105. The van der Waals surface area contributed by atoms with Crippen molar-refractivity contribution >= 4 is 44.5 Å². The molecule has 0 unspecified atom stereocenters. The molecule has 2 aromatic carbocycles. The van der Waals surface area contributed by atoms with Crippen molar-refractivity contribution in [1.82, 2.24) is 15.1 Å². The Kier molecular flexibility index (Phi) is 5.98. The number of nitrogens with zero attached hydrogens (tertiary/aromatic N) is 2. The molecule has 2 amide bonds. The van der Waals surface area contributed by atoms with Crippen LogP contribution >= 0.6 is 27.7 Å². The van der Waals surface area contributed by atoms with Gasteiger partial charge in [0.15, 0.2) is 0 Å². The molecule has 2 N–H and O–H groups in total. The molecule has 27 heavy (non-hydrogen) atoms. The molecule has 1 heterocycles. The van der Waals surface area contributed by atoms with Gasteiger partial charge in [0.1, 0.15) is 5.69 Å². The maximum Gasteiger partial charge on any atom is 0.286 e. The molecule has 0 aliphatic heterocycles. The molecule has 0 bridgehead atoms. The third-order valence-corrected chi connectivity index (χ3v) is 5.30. The van der Waals surface area contributed by atoms with Crippen molar-refractivity contribution in [2.24, 2.45) is 0 Å². The van der Waals surface area contributed by atoms with E-state index in [0.29, 0.717) is 22.0 Å². The highest BCUT2D eigenvalue weighted by Gasteiger charge is 2.15. The Labute approximate surface area is 169 Å². The number of nitrogens with one attached hydrogen (secondary N) is 2. The van der Waals surface area contributed by atoms with E-state index in [1.54, 1.807) is 38.4 Å². The molecule has 138 valence electrons. The number of carbonyl (C=O) groups excluding carboxylic acids is 2. The van der Waals surface area contributed by atoms with E-state index in [1.807, 2.05) is 30.3 Å². The smallest absolute Gasteiger partial charge is 0.286 e. The van der Waals surface area contributed by atoms with Crippen LogP contribution in [0, 0.1) is 0 Å². The molecule has 1 aromatic heterocycles. The summed E-state index contributed by atoms with van der Waals surface area (Å²) in [6, 6.07) is 16.5. The zero-order chi connectivity index (χ0) is 19.4. The van der Waals surface area contributed by atoms with Gasteiger partial charge >= 0.3 is 0 Å². The molecule has 0 aliphatic rings. The number of hydrogen-bond donors (Lipinski definition) is 2. The molecule has 0 radical (unpaired) electrons. The van der Waals surface area contributed by atoms with Gasteiger partial charge in [-0.2, -0.15) is 5.10 Å². The normalized spacial score (nSPS) is 10.5. The Morgan fingerprint density at radius 2 is 1.81 bits per heavy atom. The summed E-state index contributed by atoms with van der Waals surface area (Å²) < 4.78 is 0.973. The van der Waals surface area contributed by atoms with Gasteiger partial charge in [0.05, 0.1) is 11.4 Å². The van der Waals surface area contributed by atoms with Crippen molar-refractivity contribution < 1.29 is 9.59 Å². The number of hydrogen-bond acceptors (Lipinski definition) is 4. The van der Waals surface area contributed by atoms with Gasteiger partial charge in [0.25, 0.3) is 11.1 Å². The number of rotatable bonds is 4. The van der Waals surface area contributed by atoms with E-state index in [-0.39, 0.29) is 11.1 Å². The molecular formula is C19H17BrN4O2S. The van der Waals surface area contributed by atoms with Gasteiger partial charge in [0.2, 0.25) is 0 Å². The lowest BCUT2D eigenvalue weighted by atomic mass is 10.1. The summed E-state index contributed by atoms with van der Waals surface area (Å²) in [5.74, 6) is -0.323. The average Bonchev–Trinajstić information content (AvgIpc) is 3.14. The minimum atomic E-state index is -0.323. The largest absolute Gasteiger partial charge is 0.339 e. The highest BCUT2D eigenvalue weighted by atomic mass is 79.9. The third kappa shape index (κ3) is 4.78. The first kappa shape index (κ1) is 19.2. The van der Waals surface area contributed by atoms with E-state index < -0.39 is 0 Å². The van der Waals surface area contributed by atoms with Crippen LogP contribution in [0.25, 0.3) is 11.3 Å². The van der Waals surface area contributed by atoms with E-state index in [1.165, 1.54) is 4.90 Å². The zero-order valence-electron chi connectivity index (χ0n) is 14.7. The van der Waals surface area contributed by atoms with Crippen molar-refractivity contribution in [2.75, 3.05) is 19.4 Å². The lowest BCUT2D eigenvalue weighted by molar-refractivity contribution is 0.102. The van der Waals surface area contributed by atoms with Crippen LogP contribution < -0.4 is 5.32 Å². The standard InChI is InChI=1S/C19H17BrN4O2S/c1-24(2)19(26)27-17-6-4-3-5-14(17)21-18(25)16-11-15(22-23-16)12-7-9-13(20)10-8-12/h3-11H,1-2H3,(H,21,25)(H,22,23). The van der Waals surface area contributed by atoms with Crippen LogP contribution in [0.4, 0.5) is 10.5 Å². The maximum atomic E-state index is 12.6. The first-order chi connectivity index (χ1) is 12.9. The summed E-state index contributed by atoms with van der Waals surface area (Å²) in [6.45, 7) is 0. The van der Waals surface area contributed by atoms with Crippen LogP contribution in [0.15, 0.2) is 64.0 Å². The third-order valence-electron chi connectivity index (χ3n) is 3.66. The highest BCUT2D eigenvalue weighted by Crippen LogP contribution is 2.29. The number of halogens is 1. The van der Waals surface area contributed by atoms with Gasteiger partial charge in [-0.05, 0) is 42.1 Å². The summed E-state index contributed by atoms with van der Waals surface area (Å²) in [5, 5.41) is 9.69. The van der Waals surface area contributed by atoms with Gasteiger partial charge in [-0.1, -0.05) is 40.2 Å². The molecule has 6 nitrogen and oxygen atoms in total. The minimum absolute atomic E-state index is 0.115. The summed E-state index contributed by atoms with van der Waals surface area (Å²) >= 11 is 4.46. The highest BCUT2D eigenvalue weighted by molar-refractivity contribution is 9.10. The van der Waals surface area contributed by atoms with Crippen LogP contribution in [-0.4, -0.2) is 40.3 Å². The predicted octanol–water partition coefficient (Wildman–Crippen LogP) is 4.87. The van der Waals surface area contributed by atoms with Gasteiger partial charge in [0, 0.05) is 29.0 Å². The Bertz CT molecular complexity index is 970. The van der Waals surface area contributed by atoms with Gasteiger partial charge < -0.3 is 10.2 Å². The molecule has 0 saturated carbocycles. The maximum absolute atomic E-state index is 12.6. The molecule has 0 fully saturated rings. The molecular weight excluding hydrogens is 428 g/mol. The lowest BCUT2D eigenvalue weighted by Gasteiger charge is -2.12. The van der Waals surface area contributed by atoms with Crippen molar-refractivity contribution in [3.8, 4) is 11.3 Å². The molecule has 0 saturated heterocycles. The molecule has 3 aromatic rings. The van der Waals surface area contributed by atoms with E-state index in [9.17, 15) is 9.59 Å². The van der Waals surface area contributed by atoms with Crippen LogP contribution in [0.3, 0.4) is 0 Å². The number of carbonyl (C=O) groups is 2. The molecule has 0 aliphatic carbocycles. The average molecular weight is 445 g/mol. The summed E-state index contributed by atoms with van der Waals surface area (Å²) in [5.41, 5.74) is 2.49. The van der Waals surface area contributed by atoms with Crippen molar-refractivity contribution in [2.45, 2.75) is 4.90 Å². The lowest BCUT2D eigenvalue weighted by Crippen LogP contribution is -2.17. The van der Waals surface area contributed by atoms with Gasteiger partial charge in [-0.3, -0.25) is 14.7 Å². The quantitative estimate of drug-likeness (QED) is 0.562. The Hall–Kier alpha value is -2.58. The summed E-state index contributed by atoms with van der Waals surface area (Å²) in [4.78, 5) is 26.7. The second-order valence-corrected chi connectivity index (χ2v) is 7.80. The number of amides is 2. The monoisotopic (exact) mass is 444 g/mol. The van der Waals surface area contributed by atoms with E-state index in [2.05, 4.69) is 31.4 Å². The van der Waals surface area contributed by atoms with Crippen molar-refractivity contribution in [1.29, 1.82) is 0 Å². The number of aromatic amines is 1. The van der Waals surface area contributed by atoms with Crippen LogP contribution in [-0.2, 0) is 0 Å². The fourth-order valence-corrected chi connectivity index (χ4v) is 3.25. The van der Waals surface area contributed by atoms with Crippen molar-refractivity contribution in [3.05, 3.63) is 64.8 Å². The number of benzene rings is 2. The number of para-hydroxylation sites is 1. The first-order valence-corrected chi connectivity index (χ1v) is 9.66. The number of thioether (sulfide) groups is 1.